The molecule has 0 atom stereocenters. The molecule has 1 aliphatic carbocycles. The van der Waals surface area contributed by atoms with Crippen LogP contribution in [0.15, 0.2) is 21.5 Å². The second-order valence-corrected chi connectivity index (χ2v) is 5.53. The molecule has 0 amide bonds. The van der Waals surface area contributed by atoms with Gasteiger partial charge in [0.15, 0.2) is 5.65 Å². The molecule has 0 radical (unpaired) electrons. The third kappa shape index (κ3) is 2.99. The van der Waals surface area contributed by atoms with Gasteiger partial charge in [-0.1, -0.05) is 19.3 Å². The fraction of sp³-hybridized carbons (Fsp3) is 0.533. The molecule has 1 fully saturated rings. The molecule has 0 spiro atoms. The average Bonchev–Trinajstić information content (AvgIpc) is 2.87. The summed E-state index contributed by atoms with van der Waals surface area (Å²) in [6.45, 7) is 1.78. The van der Waals surface area contributed by atoms with Crippen LogP contribution in [0.2, 0.25) is 0 Å². The summed E-state index contributed by atoms with van der Waals surface area (Å²) in [5.74, 6) is 0.427. The van der Waals surface area contributed by atoms with E-state index in [1.165, 1.54) is 12.5 Å². The van der Waals surface area contributed by atoms with Crippen LogP contribution in [0.4, 0.5) is 0 Å². The molecule has 1 aliphatic rings. The zero-order chi connectivity index (χ0) is 14.8. The first-order valence-corrected chi connectivity index (χ1v) is 7.30. The lowest BCUT2D eigenvalue weighted by molar-refractivity contribution is -0.151. The molecule has 1 saturated carbocycles. The monoisotopic (exact) mass is 290 g/mol. The highest BCUT2D eigenvalue weighted by atomic mass is 16.5. The highest BCUT2D eigenvalue weighted by molar-refractivity contribution is 5.72. The van der Waals surface area contributed by atoms with Crippen molar-refractivity contribution in [3.8, 4) is 0 Å². The number of aromatic nitrogens is 2. The molecule has 0 aliphatic heterocycles. The minimum absolute atomic E-state index is 0.000234. The molecule has 6 nitrogen and oxygen atoms in total. The summed E-state index contributed by atoms with van der Waals surface area (Å²) < 4.78 is 11.6. The summed E-state index contributed by atoms with van der Waals surface area (Å²) in [5, 5.41) is 0. The summed E-state index contributed by atoms with van der Waals surface area (Å²) in [7, 11) is 0. The van der Waals surface area contributed by atoms with Crippen molar-refractivity contribution in [2.75, 3.05) is 0 Å². The van der Waals surface area contributed by atoms with E-state index in [0.717, 1.165) is 30.3 Å². The highest BCUT2D eigenvalue weighted by Crippen LogP contribution is 2.24. The quantitative estimate of drug-likeness (QED) is 0.810. The number of hydrogen-bond donors (Lipinski definition) is 0. The van der Waals surface area contributed by atoms with Crippen molar-refractivity contribution in [1.29, 1.82) is 0 Å². The van der Waals surface area contributed by atoms with Crippen molar-refractivity contribution in [3.63, 3.8) is 0 Å². The van der Waals surface area contributed by atoms with E-state index in [0.29, 0.717) is 17.1 Å². The SMILES string of the molecule is Cc1cc2nc(COC(=O)C3CCCCC3)cc(=O)n2o1. The van der Waals surface area contributed by atoms with Gasteiger partial charge in [0.1, 0.15) is 12.4 Å². The molecular weight excluding hydrogens is 272 g/mol. The predicted molar refractivity (Wildman–Crippen MR) is 74.8 cm³/mol. The molecule has 0 N–H and O–H groups in total. The van der Waals surface area contributed by atoms with Crippen LogP contribution >= 0.6 is 0 Å². The van der Waals surface area contributed by atoms with E-state index in [-0.39, 0.29) is 24.1 Å². The van der Waals surface area contributed by atoms with Gasteiger partial charge in [0, 0.05) is 12.1 Å². The van der Waals surface area contributed by atoms with Crippen molar-refractivity contribution in [2.45, 2.75) is 45.6 Å². The molecule has 2 aromatic rings. The van der Waals surface area contributed by atoms with Crippen molar-refractivity contribution < 1.29 is 14.1 Å². The molecule has 2 heterocycles. The van der Waals surface area contributed by atoms with Gasteiger partial charge in [0.05, 0.1) is 11.6 Å². The summed E-state index contributed by atoms with van der Waals surface area (Å²) in [4.78, 5) is 28.1. The van der Waals surface area contributed by atoms with E-state index in [9.17, 15) is 9.59 Å². The van der Waals surface area contributed by atoms with E-state index in [4.69, 9.17) is 9.26 Å². The van der Waals surface area contributed by atoms with Gasteiger partial charge in [-0.05, 0) is 19.8 Å². The molecule has 112 valence electrons. The first-order chi connectivity index (χ1) is 10.1. The second-order valence-electron chi connectivity index (χ2n) is 5.53. The predicted octanol–water partition coefficient (Wildman–Crippen LogP) is 2.22. The molecule has 0 unspecified atom stereocenters. The standard InChI is InChI=1S/C15H18N2O4/c1-10-7-13-16-12(8-14(18)17(13)21-10)9-20-15(19)11-5-3-2-4-6-11/h7-8,11H,2-6,9H2,1H3. The molecule has 0 bridgehead atoms. The van der Waals surface area contributed by atoms with Crippen molar-refractivity contribution in [3.05, 3.63) is 33.9 Å². The van der Waals surface area contributed by atoms with Crippen LogP contribution in [0, 0.1) is 12.8 Å². The van der Waals surface area contributed by atoms with Gasteiger partial charge in [-0.25, -0.2) is 4.98 Å². The number of ether oxygens (including phenoxy) is 1. The Labute approximate surface area is 121 Å². The Morgan fingerprint density at radius 1 is 1.38 bits per heavy atom. The number of carbonyl (C=O) groups excluding carboxylic acids is 1. The molecule has 3 rings (SSSR count). The van der Waals surface area contributed by atoms with E-state index >= 15 is 0 Å². The maximum absolute atomic E-state index is 12.0. The van der Waals surface area contributed by atoms with E-state index in [1.807, 2.05) is 0 Å². The van der Waals surface area contributed by atoms with Crippen LogP contribution in [0.25, 0.3) is 5.65 Å². The van der Waals surface area contributed by atoms with Crippen LogP contribution in [0.1, 0.15) is 43.6 Å². The molecular formula is C15H18N2O4. The molecule has 0 aromatic carbocycles. The summed E-state index contributed by atoms with van der Waals surface area (Å²) >= 11 is 0. The van der Waals surface area contributed by atoms with Gasteiger partial charge in [-0.2, -0.15) is 0 Å². The molecule has 21 heavy (non-hydrogen) atoms. The van der Waals surface area contributed by atoms with Gasteiger partial charge < -0.3 is 9.26 Å². The Kier molecular flexibility index (Phi) is 3.77. The summed E-state index contributed by atoms with van der Waals surface area (Å²) in [6.07, 6.45) is 5.15. The fourth-order valence-electron chi connectivity index (χ4n) is 2.75. The van der Waals surface area contributed by atoms with Gasteiger partial charge >= 0.3 is 5.97 Å². The number of nitrogens with zero attached hydrogens (tertiary/aromatic N) is 2. The number of fused-ring (bicyclic) bond motifs is 1. The molecule has 2 aromatic heterocycles. The third-order valence-electron chi connectivity index (χ3n) is 3.82. The number of hydrogen-bond acceptors (Lipinski definition) is 5. The minimum atomic E-state index is -0.309. The van der Waals surface area contributed by atoms with Gasteiger partial charge in [-0.3, -0.25) is 9.59 Å². The maximum Gasteiger partial charge on any atom is 0.309 e. The Hall–Kier alpha value is -2.11. The van der Waals surface area contributed by atoms with E-state index in [2.05, 4.69) is 4.98 Å². The first-order valence-electron chi connectivity index (χ1n) is 7.30. The maximum atomic E-state index is 12.0. The minimum Gasteiger partial charge on any atom is -0.459 e. The number of aryl methyl sites for hydroxylation is 1. The molecule has 6 heteroatoms. The van der Waals surface area contributed by atoms with E-state index < -0.39 is 0 Å². The van der Waals surface area contributed by atoms with Crippen LogP contribution < -0.4 is 5.56 Å². The smallest absolute Gasteiger partial charge is 0.309 e. The van der Waals surface area contributed by atoms with Crippen molar-refractivity contribution in [1.82, 2.24) is 9.56 Å². The number of rotatable bonds is 3. The van der Waals surface area contributed by atoms with Crippen molar-refractivity contribution in [2.24, 2.45) is 5.92 Å². The Morgan fingerprint density at radius 3 is 2.90 bits per heavy atom. The summed E-state index contributed by atoms with van der Waals surface area (Å²) in [5.41, 5.74) is 0.575. The highest BCUT2D eigenvalue weighted by Gasteiger charge is 2.22. The Morgan fingerprint density at radius 2 is 2.14 bits per heavy atom. The largest absolute Gasteiger partial charge is 0.459 e. The molecule has 0 saturated heterocycles. The topological polar surface area (TPSA) is 73.8 Å². The third-order valence-corrected chi connectivity index (χ3v) is 3.82. The van der Waals surface area contributed by atoms with Crippen LogP contribution in [0.5, 0.6) is 0 Å². The first kappa shape index (κ1) is 13.9. The second kappa shape index (κ2) is 5.71. The van der Waals surface area contributed by atoms with Gasteiger partial charge in [0.2, 0.25) is 0 Å². The zero-order valence-corrected chi connectivity index (χ0v) is 12.0. The number of esters is 1. The normalized spacial score (nSPS) is 16.2. The number of carbonyl (C=O) groups is 1. The van der Waals surface area contributed by atoms with Crippen LogP contribution in [0.3, 0.4) is 0 Å². The van der Waals surface area contributed by atoms with Crippen LogP contribution in [-0.2, 0) is 16.1 Å². The zero-order valence-electron chi connectivity index (χ0n) is 12.0. The lowest BCUT2D eigenvalue weighted by Crippen LogP contribution is -2.21. The summed E-state index contributed by atoms with van der Waals surface area (Å²) in [6, 6.07) is 3.01. The van der Waals surface area contributed by atoms with Crippen LogP contribution in [-0.4, -0.2) is 15.5 Å². The lowest BCUT2D eigenvalue weighted by atomic mass is 9.89. The van der Waals surface area contributed by atoms with Crippen molar-refractivity contribution >= 4 is 11.6 Å². The average molecular weight is 290 g/mol. The van der Waals surface area contributed by atoms with Gasteiger partial charge in [0.25, 0.3) is 5.56 Å². The lowest BCUT2D eigenvalue weighted by Gasteiger charge is -2.19. The fourth-order valence-corrected chi connectivity index (χ4v) is 2.75. The Balaban J connectivity index is 1.70. The van der Waals surface area contributed by atoms with Gasteiger partial charge in [-0.15, -0.1) is 4.57 Å². The van der Waals surface area contributed by atoms with E-state index in [1.54, 1.807) is 13.0 Å². The Bertz CT molecular complexity index is 710.